The molecule has 1 aliphatic rings. The lowest BCUT2D eigenvalue weighted by atomic mass is 9.82. The predicted molar refractivity (Wildman–Crippen MR) is 80.7 cm³/mol. The van der Waals surface area contributed by atoms with E-state index in [0.717, 1.165) is 37.1 Å². The van der Waals surface area contributed by atoms with Gasteiger partial charge in [-0.2, -0.15) is 0 Å². The van der Waals surface area contributed by atoms with Gasteiger partial charge in [-0.25, -0.2) is 4.98 Å². The zero-order valence-electron chi connectivity index (χ0n) is 12.3. The molecule has 0 bridgehead atoms. The minimum absolute atomic E-state index is 0.0739. The predicted octanol–water partition coefficient (Wildman–Crippen LogP) is 2.97. The molecule has 0 aliphatic heterocycles. The number of aliphatic hydroxyl groups is 1. The SMILES string of the molecule is CCc1cnc(C(C)NC(=O)CC2(O)CCCCC2)s1. The Morgan fingerprint density at radius 1 is 1.50 bits per heavy atom. The Kier molecular flexibility index (Phi) is 5.16. The molecule has 2 N–H and O–H groups in total. The topological polar surface area (TPSA) is 62.2 Å². The molecule has 0 aromatic carbocycles. The zero-order chi connectivity index (χ0) is 14.6. The second-order valence-corrected chi connectivity index (χ2v) is 6.92. The fourth-order valence-electron chi connectivity index (χ4n) is 2.73. The number of nitrogens with one attached hydrogen (secondary N) is 1. The molecule has 0 radical (unpaired) electrons. The van der Waals surface area contributed by atoms with E-state index in [4.69, 9.17) is 0 Å². The highest BCUT2D eigenvalue weighted by Crippen LogP contribution is 2.31. The third-order valence-electron chi connectivity index (χ3n) is 3.94. The van der Waals surface area contributed by atoms with Crippen LogP contribution in [0.5, 0.6) is 0 Å². The van der Waals surface area contributed by atoms with Gasteiger partial charge in [-0.05, 0) is 26.2 Å². The summed E-state index contributed by atoms with van der Waals surface area (Å²) >= 11 is 1.64. The summed E-state index contributed by atoms with van der Waals surface area (Å²) in [5.41, 5.74) is -0.792. The Morgan fingerprint density at radius 3 is 2.80 bits per heavy atom. The highest BCUT2D eigenvalue weighted by molar-refractivity contribution is 7.11. The molecule has 2 rings (SSSR count). The summed E-state index contributed by atoms with van der Waals surface area (Å²) in [6.07, 6.45) is 7.74. The van der Waals surface area contributed by atoms with Crippen molar-refractivity contribution >= 4 is 17.2 Å². The van der Waals surface area contributed by atoms with Gasteiger partial charge in [-0.1, -0.05) is 26.2 Å². The van der Waals surface area contributed by atoms with E-state index in [-0.39, 0.29) is 18.4 Å². The monoisotopic (exact) mass is 296 g/mol. The maximum Gasteiger partial charge on any atom is 0.223 e. The molecule has 4 nitrogen and oxygen atoms in total. The number of hydrogen-bond acceptors (Lipinski definition) is 4. The van der Waals surface area contributed by atoms with Crippen LogP contribution in [0.1, 0.15) is 68.3 Å². The van der Waals surface area contributed by atoms with Crippen LogP contribution < -0.4 is 5.32 Å². The molecule has 1 amide bonds. The minimum Gasteiger partial charge on any atom is -0.389 e. The smallest absolute Gasteiger partial charge is 0.223 e. The first kappa shape index (κ1) is 15.4. The van der Waals surface area contributed by atoms with Crippen LogP contribution in [0.3, 0.4) is 0 Å². The zero-order valence-corrected chi connectivity index (χ0v) is 13.1. The highest BCUT2D eigenvalue weighted by atomic mass is 32.1. The number of amides is 1. The maximum atomic E-state index is 12.1. The fourth-order valence-corrected chi connectivity index (χ4v) is 3.59. The molecule has 1 atom stereocenters. The molecule has 1 aromatic rings. The quantitative estimate of drug-likeness (QED) is 0.878. The molecule has 1 saturated carbocycles. The van der Waals surface area contributed by atoms with Crippen LogP contribution in [0, 0.1) is 0 Å². The van der Waals surface area contributed by atoms with E-state index in [9.17, 15) is 9.90 Å². The largest absolute Gasteiger partial charge is 0.389 e. The van der Waals surface area contributed by atoms with Gasteiger partial charge in [0, 0.05) is 11.1 Å². The van der Waals surface area contributed by atoms with E-state index < -0.39 is 5.60 Å². The number of aryl methyl sites for hydroxylation is 1. The Morgan fingerprint density at radius 2 is 2.20 bits per heavy atom. The van der Waals surface area contributed by atoms with Gasteiger partial charge in [0.25, 0.3) is 0 Å². The van der Waals surface area contributed by atoms with Crippen molar-refractivity contribution in [2.45, 2.75) is 70.4 Å². The number of rotatable bonds is 5. The third-order valence-corrected chi connectivity index (χ3v) is 5.27. The van der Waals surface area contributed by atoms with E-state index in [1.54, 1.807) is 11.3 Å². The lowest BCUT2D eigenvalue weighted by Crippen LogP contribution is -2.39. The number of hydrogen-bond donors (Lipinski definition) is 2. The second-order valence-electron chi connectivity index (χ2n) is 5.77. The summed E-state index contributed by atoms with van der Waals surface area (Å²) in [7, 11) is 0. The molecule has 0 saturated heterocycles. The van der Waals surface area contributed by atoms with Crippen molar-refractivity contribution in [2.24, 2.45) is 0 Å². The van der Waals surface area contributed by atoms with Crippen molar-refractivity contribution in [2.75, 3.05) is 0 Å². The van der Waals surface area contributed by atoms with Gasteiger partial charge in [-0.3, -0.25) is 4.79 Å². The summed E-state index contributed by atoms with van der Waals surface area (Å²) in [6, 6.07) is -0.0833. The van der Waals surface area contributed by atoms with Crippen LogP contribution in [-0.2, 0) is 11.2 Å². The van der Waals surface area contributed by atoms with Crippen molar-refractivity contribution in [1.29, 1.82) is 0 Å². The van der Waals surface area contributed by atoms with Crippen LogP contribution >= 0.6 is 11.3 Å². The summed E-state index contributed by atoms with van der Waals surface area (Å²) < 4.78 is 0. The molecule has 112 valence electrons. The van der Waals surface area contributed by atoms with Crippen LogP contribution in [0.4, 0.5) is 0 Å². The third kappa shape index (κ3) is 4.03. The number of thiazole rings is 1. The lowest BCUT2D eigenvalue weighted by Gasteiger charge is -2.31. The Labute approximate surface area is 124 Å². The molecule has 1 aliphatic carbocycles. The van der Waals surface area contributed by atoms with Gasteiger partial charge < -0.3 is 10.4 Å². The molecule has 1 unspecified atom stereocenters. The van der Waals surface area contributed by atoms with E-state index in [0.29, 0.717) is 0 Å². The molecular weight excluding hydrogens is 272 g/mol. The number of carbonyl (C=O) groups is 1. The van der Waals surface area contributed by atoms with Gasteiger partial charge in [-0.15, -0.1) is 11.3 Å². The van der Waals surface area contributed by atoms with Crippen molar-refractivity contribution < 1.29 is 9.90 Å². The minimum atomic E-state index is -0.792. The van der Waals surface area contributed by atoms with Gasteiger partial charge in [0.1, 0.15) is 5.01 Å². The summed E-state index contributed by atoms with van der Waals surface area (Å²) in [5.74, 6) is -0.0739. The van der Waals surface area contributed by atoms with Crippen molar-refractivity contribution in [3.63, 3.8) is 0 Å². The van der Waals surface area contributed by atoms with Gasteiger partial charge in [0.05, 0.1) is 18.1 Å². The highest BCUT2D eigenvalue weighted by Gasteiger charge is 2.32. The molecule has 5 heteroatoms. The Hall–Kier alpha value is -0.940. The first-order chi connectivity index (χ1) is 9.52. The second kappa shape index (κ2) is 6.68. The standard InChI is InChI=1S/C15H24N2O2S/c1-3-12-10-16-14(20-12)11(2)17-13(18)9-15(19)7-5-4-6-8-15/h10-11,19H,3-9H2,1-2H3,(H,17,18). The first-order valence-corrected chi connectivity index (χ1v) is 8.30. The molecule has 1 fully saturated rings. The average molecular weight is 296 g/mol. The lowest BCUT2D eigenvalue weighted by molar-refractivity contribution is -0.128. The fraction of sp³-hybridized carbons (Fsp3) is 0.733. The molecule has 20 heavy (non-hydrogen) atoms. The number of carbonyl (C=O) groups excluding carboxylic acids is 1. The van der Waals surface area contributed by atoms with Crippen molar-refractivity contribution in [1.82, 2.24) is 10.3 Å². The van der Waals surface area contributed by atoms with E-state index >= 15 is 0 Å². The van der Waals surface area contributed by atoms with Crippen LogP contribution in [0.2, 0.25) is 0 Å². The summed E-state index contributed by atoms with van der Waals surface area (Å²) in [6.45, 7) is 4.04. The molecule has 1 aromatic heterocycles. The number of aromatic nitrogens is 1. The Bertz CT molecular complexity index is 452. The van der Waals surface area contributed by atoms with Crippen molar-refractivity contribution in [3.05, 3.63) is 16.1 Å². The van der Waals surface area contributed by atoms with Crippen LogP contribution in [0.25, 0.3) is 0 Å². The molecule has 0 spiro atoms. The summed E-state index contributed by atoms with van der Waals surface area (Å²) in [5, 5.41) is 14.3. The van der Waals surface area contributed by atoms with Crippen LogP contribution in [0.15, 0.2) is 6.20 Å². The van der Waals surface area contributed by atoms with E-state index in [1.807, 2.05) is 13.1 Å². The number of nitrogens with zero attached hydrogens (tertiary/aromatic N) is 1. The van der Waals surface area contributed by atoms with E-state index in [1.165, 1.54) is 11.3 Å². The maximum absolute atomic E-state index is 12.1. The average Bonchev–Trinajstić information content (AvgIpc) is 2.87. The van der Waals surface area contributed by atoms with Gasteiger partial charge in [0.15, 0.2) is 0 Å². The normalized spacial score (nSPS) is 19.6. The Balaban J connectivity index is 1.87. The van der Waals surface area contributed by atoms with Gasteiger partial charge >= 0.3 is 0 Å². The first-order valence-electron chi connectivity index (χ1n) is 7.49. The summed E-state index contributed by atoms with van der Waals surface area (Å²) in [4.78, 5) is 17.7. The molecular formula is C15H24N2O2S. The van der Waals surface area contributed by atoms with Crippen molar-refractivity contribution in [3.8, 4) is 0 Å². The van der Waals surface area contributed by atoms with Gasteiger partial charge in [0.2, 0.25) is 5.91 Å². The van der Waals surface area contributed by atoms with E-state index in [2.05, 4.69) is 17.2 Å². The molecule has 1 heterocycles. The van der Waals surface area contributed by atoms with Crippen LogP contribution in [-0.4, -0.2) is 21.6 Å².